The van der Waals surface area contributed by atoms with E-state index in [1.807, 2.05) is 0 Å². The SMILES string of the molecule is NC1=C(Cl)C(=O)c2c(N)ccc(O)c2C1=O. The first-order valence-corrected chi connectivity index (χ1v) is 4.69. The minimum Gasteiger partial charge on any atom is -0.507 e. The monoisotopic (exact) mass is 238 g/mol. The van der Waals surface area contributed by atoms with Gasteiger partial charge in [0.05, 0.1) is 11.1 Å². The summed E-state index contributed by atoms with van der Waals surface area (Å²) >= 11 is 5.61. The second-order valence-corrected chi connectivity index (χ2v) is 3.69. The Morgan fingerprint density at radius 1 is 1.06 bits per heavy atom. The van der Waals surface area contributed by atoms with Crippen LogP contribution in [0.4, 0.5) is 5.69 Å². The van der Waals surface area contributed by atoms with E-state index in [2.05, 4.69) is 0 Å². The van der Waals surface area contributed by atoms with E-state index in [4.69, 9.17) is 23.1 Å². The van der Waals surface area contributed by atoms with Crippen LogP contribution in [0.15, 0.2) is 22.9 Å². The van der Waals surface area contributed by atoms with Gasteiger partial charge in [-0.3, -0.25) is 9.59 Å². The quantitative estimate of drug-likeness (QED) is 0.457. The lowest BCUT2D eigenvalue weighted by Crippen LogP contribution is -2.25. The highest BCUT2D eigenvalue weighted by molar-refractivity contribution is 6.50. The maximum absolute atomic E-state index is 11.7. The molecule has 1 aromatic carbocycles. The van der Waals surface area contributed by atoms with Crippen LogP contribution in [0.2, 0.25) is 0 Å². The van der Waals surface area contributed by atoms with Crippen LogP contribution in [0.5, 0.6) is 5.75 Å². The number of carbonyl (C=O) groups excluding carboxylic acids is 2. The largest absolute Gasteiger partial charge is 0.507 e. The number of phenolic OH excluding ortho intramolecular Hbond substituents is 1. The lowest BCUT2D eigenvalue weighted by molar-refractivity contribution is 0.0977. The van der Waals surface area contributed by atoms with Crippen molar-refractivity contribution in [1.29, 1.82) is 0 Å². The summed E-state index contributed by atoms with van der Waals surface area (Å²) in [5, 5.41) is 9.16. The number of carbonyl (C=O) groups is 2. The third-order valence-corrected chi connectivity index (χ3v) is 2.73. The Hall–Kier alpha value is -2.01. The van der Waals surface area contributed by atoms with E-state index in [0.29, 0.717) is 0 Å². The molecule has 0 aromatic heterocycles. The first-order valence-electron chi connectivity index (χ1n) is 4.31. The molecule has 0 aliphatic heterocycles. The Morgan fingerprint density at radius 3 is 2.31 bits per heavy atom. The molecule has 5 N–H and O–H groups in total. The molecule has 16 heavy (non-hydrogen) atoms. The number of hydrogen-bond acceptors (Lipinski definition) is 5. The summed E-state index contributed by atoms with van der Waals surface area (Å²) in [6.45, 7) is 0. The fraction of sp³-hybridized carbons (Fsp3) is 0. The smallest absolute Gasteiger partial charge is 0.214 e. The van der Waals surface area contributed by atoms with E-state index < -0.39 is 11.6 Å². The van der Waals surface area contributed by atoms with Gasteiger partial charge in [0, 0.05) is 5.69 Å². The average Bonchev–Trinajstić information content (AvgIpc) is 2.26. The molecule has 82 valence electrons. The van der Waals surface area contributed by atoms with Crippen molar-refractivity contribution in [3.05, 3.63) is 34.0 Å². The summed E-state index contributed by atoms with van der Waals surface area (Å²) in [5.74, 6) is -1.68. The van der Waals surface area contributed by atoms with E-state index in [-0.39, 0.29) is 33.3 Å². The third kappa shape index (κ3) is 1.18. The zero-order valence-corrected chi connectivity index (χ0v) is 8.71. The van der Waals surface area contributed by atoms with Gasteiger partial charge in [-0.25, -0.2) is 0 Å². The number of benzene rings is 1. The van der Waals surface area contributed by atoms with Gasteiger partial charge < -0.3 is 16.6 Å². The van der Waals surface area contributed by atoms with E-state index >= 15 is 0 Å². The van der Waals surface area contributed by atoms with Crippen LogP contribution in [-0.2, 0) is 0 Å². The number of halogens is 1. The molecular formula is C10H7ClN2O3. The van der Waals surface area contributed by atoms with E-state index in [0.717, 1.165) is 0 Å². The minimum atomic E-state index is -0.690. The number of Topliss-reactive ketones (excluding diaryl/α,β-unsaturated/α-hetero) is 2. The lowest BCUT2D eigenvalue weighted by Gasteiger charge is -2.17. The number of phenols is 1. The molecule has 0 bridgehead atoms. The van der Waals surface area contributed by atoms with Gasteiger partial charge in [-0.1, -0.05) is 11.6 Å². The number of hydrogen-bond donors (Lipinski definition) is 3. The number of nitrogen functional groups attached to an aromatic ring is 1. The standard InChI is InChI=1S/C10H7ClN2O3/c11-7-8(13)10(16)6-4(14)2-1-3(12)5(6)9(7)15/h1-2,14H,12-13H2. The van der Waals surface area contributed by atoms with Gasteiger partial charge in [0.15, 0.2) is 0 Å². The molecule has 0 heterocycles. The Bertz CT molecular complexity index is 514. The fourth-order valence-electron chi connectivity index (χ4n) is 1.55. The number of allylic oxidation sites excluding steroid dienone is 2. The number of rotatable bonds is 0. The molecule has 0 unspecified atom stereocenters. The average molecular weight is 239 g/mol. The molecule has 0 spiro atoms. The second-order valence-electron chi connectivity index (χ2n) is 3.31. The van der Waals surface area contributed by atoms with Gasteiger partial charge in [0.1, 0.15) is 16.5 Å². The molecule has 0 radical (unpaired) electrons. The number of aromatic hydroxyl groups is 1. The van der Waals surface area contributed by atoms with Gasteiger partial charge in [-0.15, -0.1) is 0 Å². The fourth-order valence-corrected chi connectivity index (χ4v) is 1.73. The topological polar surface area (TPSA) is 106 Å². The van der Waals surface area contributed by atoms with Crippen molar-refractivity contribution in [3.8, 4) is 5.75 Å². The highest BCUT2D eigenvalue weighted by atomic mass is 35.5. The molecule has 0 saturated heterocycles. The first-order chi connectivity index (χ1) is 7.45. The second kappa shape index (κ2) is 3.24. The Balaban J connectivity index is 2.86. The maximum Gasteiger partial charge on any atom is 0.214 e. The third-order valence-electron chi connectivity index (χ3n) is 2.35. The zero-order valence-electron chi connectivity index (χ0n) is 7.95. The molecule has 1 aliphatic carbocycles. The van der Waals surface area contributed by atoms with Crippen LogP contribution in [-0.4, -0.2) is 16.7 Å². The highest BCUT2D eigenvalue weighted by Crippen LogP contribution is 2.35. The molecule has 0 amide bonds. The summed E-state index contributed by atoms with van der Waals surface area (Å²) in [7, 11) is 0. The van der Waals surface area contributed by atoms with Crippen molar-refractivity contribution < 1.29 is 14.7 Å². The van der Waals surface area contributed by atoms with Crippen molar-refractivity contribution >= 4 is 28.9 Å². The Kier molecular flexibility index (Phi) is 2.13. The summed E-state index contributed by atoms with van der Waals surface area (Å²) in [6.07, 6.45) is 0. The maximum atomic E-state index is 11.7. The van der Waals surface area contributed by atoms with Gasteiger partial charge in [0.2, 0.25) is 11.6 Å². The van der Waals surface area contributed by atoms with E-state index in [1.54, 1.807) is 0 Å². The Labute approximate surface area is 95.3 Å². The summed E-state index contributed by atoms with van der Waals surface area (Å²) in [5.41, 5.74) is 10.4. The van der Waals surface area contributed by atoms with Crippen molar-refractivity contribution in [2.45, 2.75) is 0 Å². The summed E-state index contributed by atoms with van der Waals surface area (Å²) in [6, 6.07) is 2.55. The number of fused-ring (bicyclic) bond motifs is 1. The number of nitrogens with two attached hydrogens (primary N) is 2. The highest BCUT2D eigenvalue weighted by Gasteiger charge is 2.33. The predicted molar refractivity (Wildman–Crippen MR) is 58.2 cm³/mol. The van der Waals surface area contributed by atoms with Crippen molar-refractivity contribution in [3.63, 3.8) is 0 Å². The molecule has 0 saturated carbocycles. The van der Waals surface area contributed by atoms with E-state index in [9.17, 15) is 14.7 Å². The van der Waals surface area contributed by atoms with Crippen molar-refractivity contribution in [2.75, 3.05) is 5.73 Å². The molecule has 1 aromatic rings. The molecule has 6 heteroatoms. The van der Waals surface area contributed by atoms with Crippen molar-refractivity contribution in [2.24, 2.45) is 5.73 Å². The predicted octanol–water partition coefficient (Wildman–Crippen LogP) is 0.763. The lowest BCUT2D eigenvalue weighted by atomic mass is 9.90. The molecule has 5 nitrogen and oxygen atoms in total. The minimum absolute atomic E-state index is 0.0804. The van der Waals surface area contributed by atoms with Crippen LogP contribution >= 0.6 is 11.6 Å². The van der Waals surface area contributed by atoms with Gasteiger partial charge in [-0.2, -0.15) is 0 Å². The van der Waals surface area contributed by atoms with Crippen molar-refractivity contribution in [1.82, 2.24) is 0 Å². The molecule has 0 atom stereocenters. The normalized spacial score (nSPS) is 15.3. The molecule has 1 aliphatic rings. The number of ketones is 2. The van der Waals surface area contributed by atoms with Gasteiger partial charge >= 0.3 is 0 Å². The molecule has 2 rings (SSSR count). The molecular weight excluding hydrogens is 232 g/mol. The van der Waals surface area contributed by atoms with Crippen LogP contribution < -0.4 is 11.5 Å². The molecule has 0 fully saturated rings. The first kappa shape index (κ1) is 10.5. The van der Waals surface area contributed by atoms with Gasteiger partial charge in [0.25, 0.3) is 0 Å². The summed E-state index contributed by atoms with van der Waals surface area (Å²) in [4.78, 5) is 23.4. The van der Waals surface area contributed by atoms with Gasteiger partial charge in [-0.05, 0) is 12.1 Å². The van der Waals surface area contributed by atoms with Crippen LogP contribution in [0, 0.1) is 0 Å². The van der Waals surface area contributed by atoms with Crippen LogP contribution in [0.25, 0.3) is 0 Å². The van der Waals surface area contributed by atoms with Crippen LogP contribution in [0.3, 0.4) is 0 Å². The Morgan fingerprint density at radius 2 is 1.69 bits per heavy atom. The summed E-state index contributed by atoms with van der Waals surface area (Å²) < 4.78 is 0. The van der Waals surface area contributed by atoms with E-state index in [1.165, 1.54) is 12.1 Å². The zero-order chi connectivity index (χ0) is 12.0. The number of anilines is 1. The van der Waals surface area contributed by atoms with Crippen LogP contribution in [0.1, 0.15) is 20.7 Å².